The molecule has 1 unspecified atom stereocenters. The van der Waals surface area contributed by atoms with Crippen molar-refractivity contribution in [3.05, 3.63) is 29.0 Å². The molecule has 1 aromatic rings. The molecule has 0 aliphatic rings. The number of amides is 1. The lowest BCUT2D eigenvalue weighted by molar-refractivity contribution is 0.0909. The number of halogens is 1. The van der Waals surface area contributed by atoms with Crippen LogP contribution in [0.4, 0.5) is 0 Å². The van der Waals surface area contributed by atoms with E-state index < -0.39 is 6.10 Å². The third-order valence-corrected chi connectivity index (χ3v) is 2.15. The molecule has 1 aromatic heterocycles. The fourth-order valence-corrected chi connectivity index (χ4v) is 1.07. The van der Waals surface area contributed by atoms with E-state index in [-0.39, 0.29) is 12.5 Å². The topological polar surface area (TPSA) is 62.2 Å². The first-order chi connectivity index (χ1) is 7.13. The van der Waals surface area contributed by atoms with Gasteiger partial charge in [-0.05, 0) is 18.6 Å². The van der Waals surface area contributed by atoms with Gasteiger partial charge in [-0.3, -0.25) is 4.79 Å². The first-order valence-electron chi connectivity index (χ1n) is 4.71. The lowest BCUT2D eigenvalue weighted by atomic mass is 10.2. The van der Waals surface area contributed by atoms with Crippen LogP contribution in [0.15, 0.2) is 18.3 Å². The number of hydrogen-bond donors (Lipinski definition) is 2. The first kappa shape index (κ1) is 11.9. The van der Waals surface area contributed by atoms with Crippen molar-refractivity contribution in [2.24, 2.45) is 0 Å². The Labute approximate surface area is 93.3 Å². The highest BCUT2D eigenvalue weighted by Crippen LogP contribution is 2.05. The quantitative estimate of drug-likeness (QED) is 0.815. The molecular weight excluding hydrogens is 216 g/mol. The molecule has 0 aliphatic heterocycles. The molecule has 0 aliphatic carbocycles. The molecule has 0 saturated carbocycles. The zero-order chi connectivity index (χ0) is 11.3. The second-order valence-corrected chi connectivity index (χ2v) is 3.57. The summed E-state index contributed by atoms with van der Waals surface area (Å²) in [6.45, 7) is 2.08. The number of nitrogens with one attached hydrogen (secondary N) is 1. The van der Waals surface area contributed by atoms with E-state index in [0.717, 1.165) is 0 Å². The van der Waals surface area contributed by atoms with Crippen molar-refractivity contribution in [3.8, 4) is 0 Å². The molecule has 1 atom stereocenters. The normalized spacial score (nSPS) is 12.2. The first-order valence-corrected chi connectivity index (χ1v) is 5.09. The summed E-state index contributed by atoms with van der Waals surface area (Å²) in [4.78, 5) is 15.3. The van der Waals surface area contributed by atoms with E-state index in [4.69, 9.17) is 11.6 Å². The van der Waals surface area contributed by atoms with Crippen molar-refractivity contribution in [3.63, 3.8) is 0 Å². The van der Waals surface area contributed by atoms with Crippen molar-refractivity contribution >= 4 is 17.5 Å². The van der Waals surface area contributed by atoms with Gasteiger partial charge in [-0.1, -0.05) is 18.5 Å². The minimum atomic E-state index is -0.513. The molecule has 82 valence electrons. The lowest BCUT2D eigenvalue weighted by Gasteiger charge is -2.08. The summed E-state index contributed by atoms with van der Waals surface area (Å²) in [6, 6.07) is 3.13. The highest BCUT2D eigenvalue weighted by Gasteiger charge is 2.08. The van der Waals surface area contributed by atoms with Gasteiger partial charge in [-0.2, -0.15) is 0 Å². The van der Waals surface area contributed by atoms with Crippen LogP contribution in [0.3, 0.4) is 0 Å². The number of carbonyl (C=O) groups excluding carboxylic acids is 1. The van der Waals surface area contributed by atoms with E-state index in [0.29, 0.717) is 17.1 Å². The average molecular weight is 229 g/mol. The number of pyridine rings is 1. The number of aromatic nitrogens is 1. The molecular formula is C10H13ClN2O2. The Morgan fingerprint density at radius 3 is 2.93 bits per heavy atom. The highest BCUT2D eigenvalue weighted by molar-refractivity contribution is 6.30. The predicted octanol–water partition coefficient (Wildman–Crippen LogP) is 1.24. The summed E-state index contributed by atoms with van der Waals surface area (Å²) in [5, 5.41) is 12.3. The Kier molecular flexibility index (Phi) is 4.52. The maximum Gasteiger partial charge on any atom is 0.269 e. The summed E-state index contributed by atoms with van der Waals surface area (Å²) < 4.78 is 0. The Bertz CT molecular complexity index is 327. The zero-order valence-corrected chi connectivity index (χ0v) is 9.16. The number of nitrogens with zero attached hydrogens (tertiary/aromatic N) is 1. The number of carbonyl (C=O) groups is 1. The van der Waals surface area contributed by atoms with Crippen molar-refractivity contribution < 1.29 is 9.90 Å². The third kappa shape index (κ3) is 3.85. The molecule has 1 amide bonds. The number of aliphatic hydroxyl groups is 1. The van der Waals surface area contributed by atoms with Crippen LogP contribution in [0.25, 0.3) is 0 Å². The van der Waals surface area contributed by atoms with Gasteiger partial charge < -0.3 is 10.4 Å². The van der Waals surface area contributed by atoms with E-state index in [1.807, 2.05) is 6.92 Å². The SMILES string of the molecule is CCC(O)CNC(=O)c1ccc(Cl)cn1. The maximum absolute atomic E-state index is 11.4. The molecule has 2 N–H and O–H groups in total. The molecule has 0 radical (unpaired) electrons. The van der Waals surface area contributed by atoms with Gasteiger partial charge in [-0.25, -0.2) is 4.98 Å². The Balaban J connectivity index is 2.50. The predicted molar refractivity (Wildman–Crippen MR) is 57.9 cm³/mol. The molecule has 0 spiro atoms. The largest absolute Gasteiger partial charge is 0.391 e. The van der Waals surface area contributed by atoms with Crippen molar-refractivity contribution in [2.45, 2.75) is 19.4 Å². The minimum absolute atomic E-state index is 0.236. The third-order valence-electron chi connectivity index (χ3n) is 1.93. The Hall–Kier alpha value is -1.13. The summed E-state index contributed by atoms with van der Waals surface area (Å²) in [5.41, 5.74) is 0.294. The average Bonchev–Trinajstić information content (AvgIpc) is 2.26. The fraction of sp³-hybridized carbons (Fsp3) is 0.400. The summed E-state index contributed by atoms with van der Waals surface area (Å²) in [6.07, 6.45) is 1.50. The molecule has 15 heavy (non-hydrogen) atoms. The Morgan fingerprint density at radius 1 is 1.67 bits per heavy atom. The molecule has 0 saturated heterocycles. The second-order valence-electron chi connectivity index (χ2n) is 3.13. The number of aliphatic hydroxyl groups excluding tert-OH is 1. The molecule has 4 nitrogen and oxygen atoms in total. The van der Waals surface area contributed by atoms with Crippen molar-refractivity contribution in [2.75, 3.05) is 6.54 Å². The van der Waals surface area contributed by atoms with Gasteiger partial charge in [0.1, 0.15) is 5.69 Å². The van der Waals surface area contributed by atoms with Crippen LogP contribution < -0.4 is 5.32 Å². The highest BCUT2D eigenvalue weighted by atomic mass is 35.5. The van der Waals surface area contributed by atoms with Crippen LogP contribution in [-0.4, -0.2) is 28.6 Å². The van der Waals surface area contributed by atoms with Crippen molar-refractivity contribution in [1.29, 1.82) is 0 Å². The van der Waals surface area contributed by atoms with Gasteiger partial charge in [0.2, 0.25) is 0 Å². The maximum atomic E-state index is 11.4. The summed E-state index contributed by atoms with van der Waals surface area (Å²) in [7, 11) is 0. The van der Waals surface area contributed by atoms with E-state index >= 15 is 0 Å². The standard InChI is InChI=1S/C10H13ClN2O2/c1-2-8(14)6-13-10(15)9-4-3-7(11)5-12-9/h3-5,8,14H,2,6H2,1H3,(H,13,15). The zero-order valence-electron chi connectivity index (χ0n) is 8.40. The fourth-order valence-electron chi connectivity index (χ4n) is 0.956. The monoisotopic (exact) mass is 228 g/mol. The molecule has 5 heteroatoms. The molecule has 0 fully saturated rings. The van der Waals surface area contributed by atoms with Gasteiger partial charge >= 0.3 is 0 Å². The van der Waals surface area contributed by atoms with Crippen LogP contribution in [0.2, 0.25) is 5.02 Å². The van der Waals surface area contributed by atoms with E-state index in [9.17, 15) is 9.90 Å². The smallest absolute Gasteiger partial charge is 0.269 e. The van der Waals surface area contributed by atoms with Gasteiger partial charge in [0.05, 0.1) is 11.1 Å². The van der Waals surface area contributed by atoms with Crippen LogP contribution in [-0.2, 0) is 0 Å². The number of hydrogen-bond acceptors (Lipinski definition) is 3. The summed E-state index contributed by atoms with van der Waals surface area (Å²) in [5.74, 6) is -0.306. The lowest BCUT2D eigenvalue weighted by Crippen LogP contribution is -2.32. The summed E-state index contributed by atoms with van der Waals surface area (Å²) >= 11 is 5.63. The van der Waals surface area contributed by atoms with Gasteiger partial charge in [0.25, 0.3) is 5.91 Å². The molecule has 0 bridgehead atoms. The van der Waals surface area contributed by atoms with Crippen LogP contribution in [0.1, 0.15) is 23.8 Å². The van der Waals surface area contributed by atoms with Crippen LogP contribution >= 0.6 is 11.6 Å². The number of rotatable bonds is 4. The van der Waals surface area contributed by atoms with Gasteiger partial charge in [0, 0.05) is 12.7 Å². The Morgan fingerprint density at radius 2 is 2.40 bits per heavy atom. The van der Waals surface area contributed by atoms with E-state index in [1.54, 1.807) is 6.07 Å². The molecule has 1 rings (SSSR count). The van der Waals surface area contributed by atoms with Crippen LogP contribution in [0.5, 0.6) is 0 Å². The minimum Gasteiger partial charge on any atom is -0.391 e. The van der Waals surface area contributed by atoms with Crippen LogP contribution in [0, 0.1) is 0 Å². The van der Waals surface area contributed by atoms with Gasteiger partial charge in [0.15, 0.2) is 0 Å². The van der Waals surface area contributed by atoms with E-state index in [2.05, 4.69) is 10.3 Å². The van der Waals surface area contributed by atoms with Crippen molar-refractivity contribution in [1.82, 2.24) is 10.3 Å². The molecule has 1 heterocycles. The second kappa shape index (κ2) is 5.68. The molecule has 0 aromatic carbocycles. The van der Waals surface area contributed by atoms with E-state index in [1.165, 1.54) is 12.3 Å². The van der Waals surface area contributed by atoms with Gasteiger partial charge in [-0.15, -0.1) is 0 Å².